The molecule has 7 heteroatoms. The van der Waals surface area contributed by atoms with Crippen molar-refractivity contribution in [2.45, 2.75) is 5.03 Å². The average molecular weight is 290 g/mol. The van der Waals surface area contributed by atoms with Gasteiger partial charge in [-0.3, -0.25) is 10.1 Å². The lowest BCUT2D eigenvalue weighted by Crippen LogP contribution is -2.10. The number of hydrogen-bond donors (Lipinski definition) is 0. The SMILES string of the molecule is CSc1ncccc1C(=O)Oc1ccc([N+](=O)[O-])cc1. The maximum atomic E-state index is 12.0. The van der Waals surface area contributed by atoms with E-state index in [2.05, 4.69) is 4.98 Å². The third-order valence-electron chi connectivity index (χ3n) is 2.44. The molecule has 1 heterocycles. The number of benzene rings is 1. The third kappa shape index (κ3) is 3.12. The number of carbonyl (C=O) groups is 1. The Bertz CT molecular complexity index is 643. The molecule has 1 aromatic heterocycles. The van der Waals surface area contributed by atoms with Crippen LogP contribution in [0.2, 0.25) is 0 Å². The molecule has 0 N–H and O–H groups in total. The Labute approximate surface area is 118 Å². The van der Waals surface area contributed by atoms with Gasteiger partial charge in [-0.2, -0.15) is 0 Å². The second-order valence-corrected chi connectivity index (χ2v) is 4.50. The first-order valence-electron chi connectivity index (χ1n) is 5.57. The predicted octanol–water partition coefficient (Wildman–Crippen LogP) is 2.93. The van der Waals surface area contributed by atoms with Gasteiger partial charge in [0.15, 0.2) is 0 Å². The maximum absolute atomic E-state index is 12.0. The van der Waals surface area contributed by atoms with Crippen molar-refractivity contribution >= 4 is 23.4 Å². The Morgan fingerprint density at radius 3 is 2.60 bits per heavy atom. The fourth-order valence-electron chi connectivity index (χ4n) is 1.51. The number of thioether (sulfide) groups is 1. The van der Waals surface area contributed by atoms with Crippen LogP contribution in [0.1, 0.15) is 10.4 Å². The van der Waals surface area contributed by atoms with Crippen molar-refractivity contribution in [3.8, 4) is 5.75 Å². The second-order valence-electron chi connectivity index (χ2n) is 3.70. The summed E-state index contributed by atoms with van der Waals surface area (Å²) in [4.78, 5) is 26.1. The lowest BCUT2D eigenvalue weighted by atomic mass is 10.3. The summed E-state index contributed by atoms with van der Waals surface area (Å²) in [7, 11) is 0. The highest BCUT2D eigenvalue weighted by molar-refractivity contribution is 7.98. The van der Waals surface area contributed by atoms with E-state index < -0.39 is 10.9 Å². The zero-order valence-electron chi connectivity index (χ0n) is 10.5. The molecule has 1 aromatic carbocycles. The molecule has 2 aromatic rings. The molecule has 6 nitrogen and oxygen atoms in total. The molecular formula is C13H10N2O4S. The molecule has 0 atom stereocenters. The van der Waals surface area contributed by atoms with Crippen LogP contribution in [0.3, 0.4) is 0 Å². The Hall–Kier alpha value is -2.41. The largest absolute Gasteiger partial charge is 0.423 e. The van der Waals surface area contributed by atoms with Crippen LogP contribution in [-0.4, -0.2) is 22.1 Å². The van der Waals surface area contributed by atoms with Gasteiger partial charge >= 0.3 is 5.97 Å². The van der Waals surface area contributed by atoms with Crippen LogP contribution in [-0.2, 0) is 0 Å². The Kier molecular flexibility index (Phi) is 4.31. The molecule has 0 fully saturated rings. The van der Waals surface area contributed by atoms with Gasteiger partial charge in [-0.05, 0) is 30.5 Å². The Morgan fingerprint density at radius 2 is 2.00 bits per heavy atom. The number of nitro groups is 1. The molecule has 0 radical (unpaired) electrons. The van der Waals surface area contributed by atoms with E-state index in [-0.39, 0.29) is 11.4 Å². The number of carbonyl (C=O) groups excluding carboxylic acids is 1. The van der Waals surface area contributed by atoms with Crippen LogP contribution >= 0.6 is 11.8 Å². The summed E-state index contributed by atoms with van der Waals surface area (Å²) in [6, 6.07) is 8.58. The lowest BCUT2D eigenvalue weighted by Gasteiger charge is -2.06. The summed E-state index contributed by atoms with van der Waals surface area (Å²) in [5, 5.41) is 11.1. The van der Waals surface area contributed by atoms with Crippen LogP contribution in [0.5, 0.6) is 5.75 Å². The predicted molar refractivity (Wildman–Crippen MR) is 74.1 cm³/mol. The first-order chi connectivity index (χ1) is 9.61. The number of aromatic nitrogens is 1. The Balaban J connectivity index is 2.17. The number of nitrogens with zero attached hydrogens (tertiary/aromatic N) is 2. The number of hydrogen-bond acceptors (Lipinski definition) is 6. The first kappa shape index (κ1) is 14.0. The van der Waals surface area contributed by atoms with Crippen molar-refractivity contribution in [3.63, 3.8) is 0 Å². The van der Waals surface area contributed by atoms with E-state index >= 15 is 0 Å². The van der Waals surface area contributed by atoms with Crippen molar-refractivity contribution in [1.29, 1.82) is 0 Å². The molecule has 0 bridgehead atoms. The molecule has 2 rings (SSSR count). The Morgan fingerprint density at radius 1 is 1.30 bits per heavy atom. The smallest absolute Gasteiger partial charge is 0.346 e. The zero-order valence-corrected chi connectivity index (χ0v) is 11.3. The summed E-state index contributed by atoms with van der Waals surface area (Å²) in [5.74, 6) is -0.298. The van der Waals surface area contributed by atoms with E-state index in [9.17, 15) is 14.9 Å². The van der Waals surface area contributed by atoms with Gasteiger partial charge in [-0.1, -0.05) is 0 Å². The van der Waals surface area contributed by atoms with Crippen LogP contribution in [0.15, 0.2) is 47.6 Å². The van der Waals surface area contributed by atoms with Crippen LogP contribution < -0.4 is 4.74 Å². The lowest BCUT2D eigenvalue weighted by molar-refractivity contribution is -0.384. The van der Waals surface area contributed by atoms with Crippen LogP contribution in [0.25, 0.3) is 0 Å². The fraction of sp³-hybridized carbons (Fsp3) is 0.0769. The topological polar surface area (TPSA) is 82.3 Å². The maximum Gasteiger partial charge on any atom is 0.346 e. The van der Waals surface area contributed by atoms with Crippen molar-refractivity contribution < 1.29 is 14.5 Å². The number of rotatable bonds is 4. The van der Waals surface area contributed by atoms with E-state index in [1.54, 1.807) is 18.3 Å². The van der Waals surface area contributed by atoms with E-state index in [0.29, 0.717) is 10.6 Å². The summed E-state index contributed by atoms with van der Waals surface area (Å²) in [6.07, 6.45) is 3.40. The molecule has 20 heavy (non-hydrogen) atoms. The minimum Gasteiger partial charge on any atom is -0.423 e. The molecule has 0 aliphatic rings. The molecule has 0 unspecified atom stereocenters. The zero-order chi connectivity index (χ0) is 14.5. The normalized spacial score (nSPS) is 10.1. The molecule has 0 amide bonds. The quantitative estimate of drug-likeness (QED) is 0.283. The second kappa shape index (κ2) is 6.16. The van der Waals surface area contributed by atoms with Crippen molar-refractivity contribution in [2.24, 2.45) is 0 Å². The van der Waals surface area contributed by atoms with E-state index in [0.717, 1.165) is 0 Å². The molecule has 0 aliphatic carbocycles. The molecule has 0 spiro atoms. The van der Waals surface area contributed by atoms with Gasteiger partial charge in [0.2, 0.25) is 0 Å². The van der Waals surface area contributed by atoms with Gasteiger partial charge in [0.25, 0.3) is 5.69 Å². The van der Waals surface area contributed by atoms with Crippen molar-refractivity contribution in [1.82, 2.24) is 4.98 Å². The van der Waals surface area contributed by atoms with Gasteiger partial charge in [-0.25, -0.2) is 9.78 Å². The standard InChI is InChI=1S/C13H10N2O4S/c1-20-12-11(3-2-8-14-12)13(16)19-10-6-4-9(5-7-10)15(17)18/h2-8H,1H3. The third-order valence-corrected chi connectivity index (χ3v) is 3.15. The van der Waals surface area contributed by atoms with Crippen LogP contribution in [0, 0.1) is 10.1 Å². The molecule has 0 saturated carbocycles. The summed E-state index contributed by atoms with van der Waals surface area (Å²) in [5.41, 5.74) is 0.300. The minimum absolute atomic E-state index is 0.0593. The van der Waals surface area contributed by atoms with E-state index in [1.807, 2.05) is 6.26 Å². The number of esters is 1. The monoisotopic (exact) mass is 290 g/mol. The number of non-ortho nitro benzene ring substituents is 1. The summed E-state index contributed by atoms with van der Waals surface area (Å²) >= 11 is 1.34. The van der Waals surface area contributed by atoms with Crippen molar-refractivity contribution in [2.75, 3.05) is 6.26 Å². The molecule has 0 saturated heterocycles. The van der Waals surface area contributed by atoms with Crippen molar-refractivity contribution in [3.05, 3.63) is 58.3 Å². The molecule has 102 valence electrons. The summed E-state index contributed by atoms with van der Waals surface area (Å²) in [6.45, 7) is 0. The van der Waals surface area contributed by atoms with E-state index in [1.165, 1.54) is 36.0 Å². The van der Waals surface area contributed by atoms with E-state index in [4.69, 9.17) is 4.74 Å². The van der Waals surface area contributed by atoms with Gasteiger partial charge < -0.3 is 4.74 Å². The molecule has 0 aliphatic heterocycles. The van der Waals surface area contributed by atoms with Gasteiger partial charge in [0, 0.05) is 18.3 Å². The average Bonchev–Trinajstić information content (AvgIpc) is 2.47. The highest BCUT2D eigenvalue weighted by Crippen LogP contribution is 2.21. The highest BCUT2D eigenvalue weighted by Gasteiger charge is 2.14. The number of nitro benzene ring substituents is 1. The number of pyridine rings is 1. The minimum atomic E-state index is -0.545. The van der Waals surface area contributed by atoms with Gasteiger partial charge in [-0.15, -0.1) is 11.8 Å². The fourth-order valence-corrected chi connectivity index (χ4v) is 2.04. The van der Waals surface area contributed by atoms with Crippen LogP contribution in [0.4, 0.5) is 5.69 Å². The van der Waals surface area contributed by atoms with Gasteiger partial charge in [0.1, 0.15) is 10.8 Å². The highest BCUT2D eigenvalue weighted by atomic mass is 32.2. The molecular weight excluding hydrogens is 280 g/mol. The first-order valence-corrected chi connectivity index (χ1v) is 6.80. The van der Waals surface area contributed by atoms with Gasteiger partial charge in [0.05, 0.1) is 10.5 Å². The number of ether oxygens (including phenoxy) is 1. The summed E-state index contributed by atoms with van der Waals surface area (Å²) < 4.78 is 5.16.